The van der Waals surface area contributed by atoms with Gasteiger partial charge in [-0.1, -0.05) is 26.3 Å². The Bertz CT molecular complexity index is 229. The molecule has 1 atom stereocenters. The molecular formula is C14H29N3O2. The van der Waals surface area contributed by atoms with Gasteiger partial charge in [0.15, 0.2) is 0 Å². The Kier molecular flexibility index (Phi) is 15.7. The molecule has 0 aromatic rings. The first-order chi connectivity index (χ1) is 9.17. The topological polar surface area (TPSA) is 75.4 Å². The molecule has 0 aliphatic carbocycles. The Morgan fingerprint density at radius 3 is 2.42 bits per heavy atom. The maximum absolute atomic E-state index is 11.7. The molecule has 1 amide bonds. The van der Waals surface area contributed by atoms with Gasteiger partial charge >= 0.3 is 0 Å². The summed E-state index contributed by atoms with van der Waals surface area (Å²) in [7, 11) is 0. The highest BCUT2D eigenvalue weighted by atomic mass is 16.2. The van der Waals surface area contributed by atoms with Crippen molar-refractivity contribution < 1.29 is 9.59 Å². The standard InChI is InChI=1S/C10H19N3O.C3H8.CH2O/c1-2-3-6-9(11)10(14)13-8-5-4-7-12-13;1-3-2;1-2/h2,9,12H,1,3-8,11H2;3H2,1-2H3;1H2. The summed E-state index contributed by atoms with van der Waals surface area (Å²) in [5.74, 6) is 0.00606. The molecular weight excluding hydrogens is 242 g/mol. The summed E-state index contributed by atoms with van der Waals surface area (Å²) < 4.78 is 0. The molecule has 19 heavy (non-hydrogen) atoms. The van der Waals surface area contributed by atoms with Gasteiger partial charge < -0.3 is 10.5 Å². The normalized spacial score (nSPS) is 15.2. The van der Waals surface area contributed by atoms with E-state index in [1.165, 1.54) is 6.42 Å². The van der Waals surface area contributed by atoms with Crippen LogP contribution in [0.1, 0.15) is 46.0 Å². The molecule has 1 unspecified atom stereocenters. The first kappa shape index (κ1) is 20.1. The molecule has 1 fully saturated rings. The van der Waals surface area contributed by atoms with Gasteiger partial charge in [-0.25, -0.2) is 5.43 Å². The van der Waals surface area contributed by atoms with E-state index in [4.69, 9.17) is 10.5 Å². The highest BCUT2D eigenvalue weighted by Crippen LogP contribution is 2.04. The van der Waals surface area contributed by atoms with E-state index in [-0.39, 0.29) is 5.91 Å². The maximum Gasteiger partial charge on any atom is 0.253 e. The van der Waals surface area contributed by atoms with E-state index in [1.807, 2.05) is 6.79 Å². The van der Waals surface area contributed by atoms with Crippen LogP contribution >= 0.6 is 0 Å². The lowest BCUT2D eigenvalue weighted by molar-refractivity contribution is -0.137. The number of hydrogen-bond acceptors (Lipinski definition) is 4. The van der Waals surface area contributed by atoms with Gasteiger partial charge in [-0.15, -0.1) is 6.58 Å². The third-order valence-corrected chi connectivity index (χ3v) is 2.38. The number of amides is 1. The van der Waals surface area contributed by atoms with Crippen LogP contribution in [0.25, 0.3) is 0 Å². The van der Waals surface area contributed by atoms with Crippen LogP contribution in [0.4, 0.5) is 0 Å². The van der Waals surface area contributed by atoms with E-state index in [0.29, 0.717) is 6.42 Å². The third kappa shape index (κ3) is 10.4. The first-order valence-corrected chi connectivity index (χ1v) is 6.87. The van der Waals surface area contributed by atoms with Gasteiger partial charge in [0.2, 0.25) is 0 Å². The molecule has 3 N–H and O–H groups in total. The predicted molar refractivity (Wildman–Crippen MR) is 79.4 cm³/mol. The predicted octanol–water partition coefficient (Wildman–Crippen LogP) is 1.64. The van der Waals surface area contributed by atoms with Gasteiger partial charge in [0.25, 0.3) is 5.91 Å². The summed E-state index contributed by atoms with van der Waals surface area (Å²) in [6, 6.07) is -0.390. The van der Waals surface area contributed by atoms with Crippen LogP contribution in [0.5, 0.6) is 0 Å². The highest BCUT2D eigenvalue weighted by Gasteiger charge is 2.21. The number of hydrazine groups is 1. The lowest BCUT2D eigenvalue weighted by Gasteiger charge is -2.29. The van der Waals surface area contributed by atoms with Crippen molar-refractivity contribution in [2.45, 2.75) is 52.0 Å². The molecule has 0 bridgehead atoms. The summed E-state index contributed by atoms with van der Waals surface area (Å²) in [4.78, 5) is 19.7. The van der Waals surface area contributed by atoms with E-state index < -0.39 is 6.04 Å². The summed E-state index contributed by atoms with van der Waals surface area (Å²) in [5.41, 5.74) is 8.81. The quantitative estimate of drug-likeness (QED) is 0.762. The molecule has 0 aromatic heterocycles. The Balaban J connectivity index is 0. The van der Waals surface area contributed by atoms with Crippen LogP contribution in [0.2, 0.25) is 0 Å². The Morgan fingerprint density at radius 1 is 1.42 bits per heavy atom. The smallest absolute Gasteiger partial charge is 0.253 e. The molecule has 0 radical (unpaired) electrons. The van der Waals surface area contributed by atoms with Crippen LogP contribution < -0.4 is 11.2 Å². The molecule has 0 spiro atoms. The van der Waals surface area contributed by atoms with Crippen molar-refractivity contribution in [1.82, 2.24) is 10.4 Å². The van der Waals surface area contributed by atoms with Gasteiger partial charge in [-0.2, -0.15) is 0 Å². The summed E-state index contributed by atoms with van der Waals surface area (Å²) in [6.45, 7) is 11.5. The number of nitrogens with one attached hydrogen (secondary N) is 1. The van der Waals surface area contributed by atoms with Gasteiger partial charge in [0.05, 0.1) is 6.04 Å². The summed E-state index contributed by atoms with van der Waals surface area (Å²) in [6.07, 6.45) is 6.70. The second-order valence-electron chi connectivity index (χ2n) is 4.28. The minimum atomic E-state index is -0.390. The fourth-order valence-corrected chi connectivity index (χ4v) is 1.50. The van der Waals surface area contributed by atoms with Crippen molar-refractivity contribution in [2.75, 3.05) is 13.1 Å². The molecule has 1 saturated heterocycles. The lowest BCUT2D eigenvalue weighted by Crippen LogP contribution is -2.53. The number of carbonyl (C=O) groups excluding carboxylic acids is 2. The molecule has 5 heteroatoms. The SMILES string of the molecule is C=CCCC(N)C(=O)N1CCCCN1.C=O.CCC. The van der Waals surface area contributed by atoms with Crippen LogP contribution in [0.3, 0.4) is 0 Å². The van der Waals surface area contributed by atoms with E-state index in [1.54, 1.807) is 11.1 Å². The number of carbonyl (C=O) groups is 2. The van der Waals surface area contributed by atoms with E-state index in [0.717, 1.165) is 32.4 Å². The fourth-order valence-electron chi connectivity index (χ4n) is 1.50. The zero-order chi connectivity index (χ0) is 15.1. The molecule has 1 rings (SSSR count). The number of nitrogens with two attached hydrogens (primary N) is 1. The highest BCUT2D eigenvalue weighted by molar-refractivity contribution is 5.81. The van der Waals surface area contributed by atoms with Crippen molar-refractivity contribution in [3.63, 3.8) is 0 Å². The number of rotatable bonds is 4. The third-order valence-electron chi connectivity index (χ3n) is 2.38. The molecule has 1 heterocycles. The summed E-state index contributed by atoms with van der Waals surface area (Å²) in [5, 5.41) is 1.65. The monoisotopic (exact) mass is 271 g/mol. The Morgan fingerprint density at radius 2 is 2.00 bits per heavy atom. The lowest BCUT2D eigenvalue weighted by atomic mass is 10.1. The molecule has 0 aromatic carbocycles. The van der Waals surface area contributed by atoms with Crippen molar-refractivity contribution in [1.29, 1.82) is 0 Å². The summed E-state index contributed by atoms with van der Waals surface area (Å²) >= 11 is 0. The molecule has 5 nitrogen and oxygen atoms in total. The van der Waals surface area contributed by atoms with E-state index in [2.05, 4.69) is 25.9 Å². The minimum absolute atomic E-state index is 0.00606. The Hall–Kier alpha value is -1.20. The number of allylic oxidation sites excluding steroid dienone is 1. The minimum Gasteiger partial charge on any atom is -0.320 e. The van der Waals surface area contributed by atoms with E-state index >= 15 is 0 Å². The van der Waals surface area contributed by atoms with Crippen LogP contribution in [0, 0.1) is 0 Å². The molecule has 1 aliphatic rings. The maximum atomic E-state index is 11.7. The van der Waals surface area contributed by atoms with Crippen LogP contribution in [-0.4, -0.2) is 36.8 Å². The average Bonchev–Trinajstić information content (AvgIpc) is 2.48. The molecule has 0 saturated carbocycles. The van der Waals surface area contributed by atoms with Gasteiger partial charge in [-0.3, -0.25) is 9.80 Å². The zero-order valence-electron chi connectivity index (χ0n) is 12.4. The second kappa shape index (κ2) is 14.9. The van der Waals surface area contributed by atoms with Crippen molar-refractivity contribution in [2.24, 2.45) is 5.73 Å². The first-order valence-electron chi connectivity index (χ1n) is 6.87. The number of nitrogens with zero attached hydrogens (tertiary/aromatic N) is 1. The zero-order valence-corrected chi connectivity index (χ0v) is 12.4. The van der Waals surface area contributed by atoms with Gasteiger partial charge in [-0.05, 0) is 25.7 Å². The van der Waals surface area contributed by atoms with Crippen LogP contribution in [-0.2, 0) is 9.59 Å². The van der Waals surface area contributed by atoms with Crippen molar-refractivity contribution >= 4 is 12.7 Å². The number of hydrogen-bond donors (Lipinski definition) is 2. The van der Waals surface area contributed by atoms with Crippen molar-refractivity contribution in [3.05, 3.63) is 12.7 Å². The largest absolute Gasteiger partial charge is 0.320 e. The van der Waals surface area contributed by atoms with Gasteiger partial charge in [0, 0.05) is 13.1 Å². The average molecular weight is 271 g/mol. The fraction of sp³-hybridized carbons (Fsp3) is 0.714. The van der Waals surface area contributed by atoms with Gasteiger partial charge in [0.1, 0.15) is 6.79 Å². The van der Waals surface area contributed by atoms with Crippen molar-refractivity contribution in [3.8, 4) is 0 Å². The molecule has 112 valence electrons. The second-order valence-corrected chi connectivity index (χ2v) is 4.28. The molecule has 1 aliphatic heterocycles. The van der Waals surface area contributed by atoms with E-state index in [9.17, 15) is 4.79 Å². The Labute approximate surface area is 117 Å². The van der Waals surface area contributed by atoms with Crippen LogP contribution in [0.15, 0.2) is 12.7 Å².